The van der Waals surface area contributed by atoms with Crippen LogP contribution in [0.4, 0.5) is 10.5 Å². The van der Waals surface area contributed by atoms with Gasteiger partial charge in [0.1, 0.15) is 5.60 Å². The molecule has 0 saturated carbocycles. The third-order valence-corrected chi connectivity index (χ3v) is 8.41. The molecule has 1 saturated heterocycles. The highest BCUT2D eigenvalue weighted by Gasteiger charge is 2.49. The van der Waals surface area contributed by atoms with Gasteiger partial charge in [0.05, 0.1) is 11.7 Å². The summed E-state index contributed by atoms with van der Waals surface area (Å²) in [6.45, 7) is 12.6. The van der Waals surface area contributed by atoms with Gasteiger partial charge in [-0.05, 0) is 85.4 Å². The number of thioether (sulfide) groups is 1. The van der Waals surface area contributed by atoms with Crippen molar-refractivity contribution < 1.29 is 33.8 Å². The van der Waals surface area contributed by atoms with Crippen LogP contribution in [0.2, 0.25) is 0 Å². The Bertz CT molecular complexity index is 1120. The number of carboxylic acids is 1. The van der Waals surface area contributed by atoms with Crippen molar-refractivity contribution in [2.24, 2.45) is 0 Å². The number of hydrogen-bond acceptors (Lipinski definition) is 7. The van der Waals surface area contributed by atoms with Crippen molar-refractivity contribution in [2.45, 2.75) is 94.6 Å². The Morgan fingerprint density at radius 3 is 2.52 bits per heavy atom. The average Bonchev–Trinajstić information content (AvgIpc) is 2.87. The number of benzene rings is 1. The number of carboxylic acid groups (broad SMARTS) is 1. The maximum atomic E-state index is 14.0. The van der Waals surface area contributed by atoms with Crippen molar-refractivity contribution in [1.82, 2.24) is 9.80 Å². The first-order valence-electron chi connectivity index (χ1n) is 13.9. The molecule has 1 fully saturated rings. The number of methoxy groups -OCH3 is 1. The number of anilines is 1. The molecule has 1 N–H and O–H groups in total. The maximum absolute atomic E-state index is 14.0. The number of hydrogen-bond donors (Lipinski definition) is 1. The number of piperidine rings is 1. The van der Waals surface area contributed by atoms with Gasteiger partial charge in [-0.15, -0.1) is 0 Å². The number of fused-ring (bicyclic) bond motifs is 1. The SMILES string of the molecule is COCCCCN1C(=O)C(C)(C(=O)O)Sc2ccc(C(=O)N(C(C)C)[C@@H]3CCCN(C(=O)OC(C)(C)C)C3)cc21. The summed E-state index contributed by atoms with van der Waals surface area (Å²) in [5.74, 6) is -1.91. The van der Waals surface area contributed by atoms with E-state index in [1.807, 2.05) is 34.6 Å². The normalized spacial score (nSPS) is 21.3. The molecule has 3 amide bonds. The van der Waals surface area contributed by atoms with Crippen molar-refractivity contribution in [3.63, 3.8) is 0 Å². The smallest absolute Gasteiger partial charge is 0.410 e. The first-order valence-corrected chi connectivity index (χ1v) is 14.7. The summed E-state index contributed by atoms with van der Waals surface area (Å²) in [4.78, 5) is 57.9. The average molecular weight is 578 g/mol. The van der Waals surface area contributed by atoms with Gasteiger partial charge in [0.25, 0.3) is 11.8 Å². The molecule has 1 unspecified atom stereocenters. The number of carbonyl (C=O) groups excluding carboxylic acids is 3. The van der Waals surface area contributed by atoms with Crippen LogP contribution < -0.4 is 4.90 Å². The first kappa shape index (κ1) is 31.7. The van der Waals surface area contributed by atoms with Crippen LogP contribution in [0.25, 0.3) is 0 Å². The Balaban J connectivity index is 1.90. The summed E-state index contributed by atoms with van der Waals surface area (Å²) in [6, 6.07) is 4.79. The summed E-state index contributed by atoms with van der Waals surface area (Å²) in [6.07, 6.45) is 2.45. The summed E-state index contributed by atoms with van der Waals surface area (Å²) < 4.78 is 9.04. The van der Waals surface area contributed by atoms with Crippen molar-refractivity contribution in [3.8, 4) is 0 Å². The van der Waals surface area contributed by atoms with Crippen LogP contribution in [-0.4, -0.2) is 94.6 Å². The van der Waals surface area contributed by atoms with Crippen molar-refractivity contribution in [1.29, 1.82) is 0 Å². The third-order valence-electron chi connectivity index (χ3n) is 7.08. The molecular weight excluding hydrogens is 534 g/mol. The van der Waals surface area contributed by atoms with Gasteiger partial charge in [0, 0.05) is 49.9 Å². The molecule has 222 valence electrons. The summed E-state index contributed by atoms with van der Waals surface area (Å²) in [7, 11) is 1.61. The zero-order valence-electron chi connectivity index (χ0n) is 24.7. The molecule has 10 nitrogen and oxygen atoms in total. The molecule has 0 bridgehead atoms. The van der Waals surface area contributed by atoms with Gasteiger partial charge in [0.2, 0.25) is 0 Å². The van der Waals surface area contributed by atoms with Crippen molar-refractivity contribution in [2.75, 3.05) is 38.3 Å². The number of rotatable bonds is 9. The number of carbonyl (C=O) groups is 4. The Morgan fingerprint density at radius 2 is 1.93 bits per heavy atom. The molecule has 0 radical (unpaired) electrons. The highest BCUT2D eigenvalue weighted by molar-refractivity contribution is 8.02. The largest absolute Gasteiger partial charge is 0.480 e. The van der Waals surface area contributed by atoms with Crippen molar-refractivity contribution >= 4 is 41.3 Å². The van der Waals surface area contributed by atoms with Gasteiger partial charge in [0.15, 0.2) is 4.75 Å². The topological polar surface area (TPSA) is 117 Å². The van der Waals surface area contributed by atoms with Gasteiger partial charge < -0.3 is 29.3 Å². The van der Waals surface area contributed by atoms with E-state index in [1.54, 1.807) is 35.1 Å². The second-order valence-electron chi connectivity index (χ2n) is 11.8. The molecule has 2 aliphatic heterocycles. The number of unbranched alkanes of at least 4 members (excludes halogenated alkanes) is 1. The number of likely N-dealkylation sites (tertiary alicyclic amines) is 1. The van der Waals surface area contributed by atoms with Gasteiger partial charge in [-0.25, -0.2) is 4.79 Å². The Morgan fingerprint density at radius 1 is 1.23 bits per heavy atom. The van der Waals surface area contributed by atoms with Crippen LogP contribution in [0, 0.1) is 0 Å². The molecule has 2 atom stereocenters. The van der Waals surface area contributed by atoms with E-state index in [0.717, 1.165) is 24.6 Å². The zero-order valence-corrected chi connectivity index (χ0v) is 25.5. The zero-order chi connectivity index (χ0) is 29.8. The molecule has 0 aliphatic carbocycles. The van der Waals surface area contributed by atoms with E-state index in [2.05, 4.69) is 0 Å². The third kappa shape index (κ3) is 7.09. The molecule has 0 spiro atoms. The predicted molar refractivity (Wildman–Crippen MR) is 154 cm³/mol. The van der Waals surface area contributed by atoms with Crippen LogP contribution in [0.15, 0.2) is 23.1 Å². The van der Waals surface area contributed by atoms with Gasteiger partial charge in [-0.1, -0.05) is 11.8 Å². The number of aliphatic carboxylic acids is 1. The Labute approximate surface area is 241 Å². The summed E-state index contributed by atoms with van der Waals surface area (Å²) in [5, 5.41) is 9.88. The lowest BCUT2D eigenvalue weighted by Gasteiger charge is -2.42. The highest BCUT2D eigenvalue weighted by atomic mass is 32.2. The molecular formula is C29H43N3O7S. The van der Waals surface area contributed by atoms with Crippen molar-refractivity contribution in [3.05, 3.63) is 23.8 Å². The lowest BCUT2D eigenvalue weighted by molar-refractivity contribution is -0.143. The molecule has 3 rings (SSSR count). The second kappa shape index (κ2) is 12.8. The molecule has 1 aromatic carbocycles. The number of nitrogens with zero attached hydrogens (tertiary/aromatic N) is 3. The van der Waals surface area contributed by atoms with E-state index >= 15 is 0 Å². The minimum absolute atomic E-state index is 0.136. The predicted octanol–water partition coefficient (Wildman–Crippen LogP) is 4.65. The fourth-order valence-corrected chi connectivity index (χ4v) is 6.23. The highest BCUT2D eigenvalue weighted by Crippen LogP contribution is 2.46. The number of ether oxygens (including phenoxy) is 2. The van der Waals surface area contributed by atoms with Gasteiger partial charge in [-0.3, -0.25) is 14.4 Å². The first-order chi connectivity index (χ1) is 18.7. The minimum atomic E-state index is -1.66. The standard InChI is InChI=1S/C29H43N3O7S/c1-19(2)32(21-11-10-14-30(18-21)27(37)39-28(3,4)5)24(33)20-12-13-23-22(17-20)31(15-8-9-16-38-7)25(34)29(6,40-23)26(35)36/h12-13,17,19,21H,8-11,14-16,18H2,1-7H3,(H,35,36)/t21-,29?/m1/s1. The number of amides is 3. The van der Waals surface area contributed by atoms with E-state index in [1.165, 1.54) is 11.8 Å². The van der Waals surface area contributed by atoms with E-state index < -0.39 is 22.2 Å². The fourth-order valence-electron chi connectivity index (χ4n) is 5.10. The van der Waals surface area contributed by atoms with E-state index in [-0.39, 0.29) is 24.1 Å². The Kier molecular flexibility index (Phi) is 10.2. The molecule has 1 aromatic rings. The quantitative estimate of drug-likeness (QED) is 0.333. The van der Waals surface area contributed by atoms with Crippen LogP contribution in [0.3, 0.4) is 0 Å². The maximum Gasteiger partial charge on any atom is 0.410 e. The van der Waals surface area contributed by atoms with E-state index in [0.29, 0.717) is 55.2 Å². The van der Waals surface area contributed by atoms with E-state index in [4.69, 9.17) is 9.47 Å². The summed E-state index contributed by atoms with van der Waals surface area (Å²) >= 11 is 0.996. The van der Waals surface area contributed by atoms with Gasteiger partial charge in [-0.2, -0.15) is 0 Å². The van der Waals surface area contributed by atoms with Crippen LogP contribution in [0.1, 0.15) is 77.6 Å². The molecule has 2 heterocycles. The second-order valence-corrected chi connectivity index (χ2v) is 13.3. The van der Waals surface area contributed by atoms with Crippen LogP contribution in [-0.2, 0) is 19.1 Å². The molecule has 11 heteroatoms. The van der Waals surface area contributed by atoms with E-state index in [9.17, 15) is 24.3 Å². The van der Waals surface area contributed by atoms with Gasteiger partial charge >= 0.3 is 12.1 Å². The fraction of sp³-hybridized carbons (Fsp3) is 0.655. The lowest BCUT2D eigenvalue weighted by Crippen LogP contribution is -2.54. The molecule has 2 aliphatic rings. The molecule has 0 aromatic heterocycles. The van der Waals surface area contributed by atoms with Crippen LogP contribution in [0.5, 0.6) is 0 Å². The monoisotopic (exact) mass is 577 g/mol. The molecule has 40 heavy (non-hydrogen) atoms. The van der Waals surface area contributed by atoms with Crippen LogP contribution >= 0.6 is 11.8 Å². The summed E-state index contributed by atoms with van der Waals surface area (Å²) in [5.41, 5.74) is 0.346. The minimum Gasteiger partial charge on any atom is -0.480 e. The Hall–Kier alpha value is -2.79. The lowest BCUT2D eigenvalue weighted by atomic mass is 10.0.